The van der Waals surface area contributed by atoms with Crippen molar-refractivity contribution in [2.75, 3.05) is 27.4 Å². The third-order valence-electron chi connectivity index (χ3n) is 4.00. The highest BCUT2D eigenvalue weighted by atomic mass is 79.9. The van der Waals surface area contributed by atoms with Crippen molar-refractivity contribution in [1.82, 2.24) is 9.62 Å². The van der Waals surface area contributed by atoms with Gasteiger partial charge in [0.05, 0.1) is 4.90 Å². The van der Waals surface area contributed by atoms with E-state index in [0.717, 1.165) is 10.0 Å². The molecule has 0 spiro atoms. The quantitative estimate of drug-likeness (QED) is 0.768. The number of sulfonamides is 1. The summed E-state index contributed by atoms with van der Waals surface area (Å²) in [7, 11) is 0.233. The van der Waals surface area contributed by atoms with E-state index in [2.05, 4.69) is 20.7 Å². The predicted molar refractivity (Wildman–Crippen MR) is 98.3 cm³/mol. The molecule has 1 atom stereocenters. The van der Waals surface area contributed by atoms with Crippen LogP contribution in [0.25, 0.3) is 0 Å². The minimum atomic E-state index is -3.58. The van der Waals surface area contributed by atoms with E-state index in [1.165, 1.54) is 0 Å². The van der Waals surface area contributed by atoms with Crippen LogP contribution in [0.15, 0.2) is 51.8 Å². The van der Waals surface area contributed by atoms with Crippen molar-refractivity contribution < 1.29 is 17.9 Å². The average Bonchev–Trinajstić information content (AvgIpc) is 3.02. The van der Waals surface area contributed by atoms with E-state index in [0.29, 0.717) is 11.5 Å². The van der Waals surface area contributed by atoms with Crippen molar-refractivity contribution in [3.63, 3.8) is 0 Å². The standard InChI is InChI=1S/C17H19BrN2O4S/c1-20(2)15(12-3-8-16-17(9-12)24-11-23-16)10-19-25(21,22)14-6-4-13(18)5-7-14/h3-9,15,19H,10-11H2,1-2H3/t15-/m1/s1. The van der Waals surface area contributed by atoms with E-state index in [4.69, 9.17) is 9.47 Å². The molecule has 0 saturated carbocycles. The largest absolute Gasteiger partial charge is 0.454 e. The van der Waals surface area contributed by atoms with Crippen molar-refractivity contribution in [2.45, 2.75) is 10.9 Å². The van der Waals surface area contributed by atoms with E-state index in [1.807, 2.05) is 37.2 Å². The maximum Gasteiger partial charge on any atom is 0.240 e. The number of hydrogen-bond donors (Lipinski definition) is 1. The number of halogens is 1. The van der Waals surface area contributed by atoms with Crippen molar-refractivity contribution >= 4 is 26.0 Å². The van der Waals surface area contributed by atoms with E-state index >= 15 is 0 Å². The van der Waals surface area contributed by atoms with Gasteiger partial charge in [0.15, 0.2) is 11.5 Å². The molecule has 0 saturated heterocycles. The van der Waals surface area contributed by atoms with E-state index in [-0.39, 0.29) is 24.3 Å². The summed E-state index contributed by atoms with van der Waals surface area (Å²) in [6.45, 7) is 0.451. The van der Waals surface area contributed by atoms with Crippen LogP contribution in [0.1, 0.15) is 11.6 Å². The van der Waals surface area contributed by atoms with Gasteiger partial charge in [-0.15, -0.1) is 0 Å². The lowest BCUT2D eigenvalue weighted by Crippen LogP contribution is -2.34. The summed E-state index contributed by atoms with van der Waals surface area (Å²) in [4.78, 5) is 2.20. The molecule has 0 fully saturated rings. The predicted octanol–water partition coefficient (Wildman–Crippen LogP) is 2.76. The highest BCUT2D eigenvalue weighted by molar-refractivity contribution is 9.10. The molecular weight excluding hydrogens is 408 g/mol. The Bertz CT molecular complexity index is 853. The van der Waals surface area contributed by atoms with Crippen LogP contribution >= 0.6 is 15.9 Å². The van der Waals surface area contributed by atoms with Gasteiger partial charge in [0.1, 0.15) is 0 Å². The molecule has 0 aromatic heterocycles. The Morgan fingerprint density at radius 1 is 1.12 bits per heavy atom. The number of ether oxygens (including phenoxy) is 2. The molecule has 0 aliphatic carbocycles. The summed E-state index contributed by atoms with van der Waals surface area (Å²) >= 11 is 3.30. The molecule has 0 amide bonds. The highest BCUT2D eigenvalue weighted by Crippen LogP contribution is 2.35. The molecule has 25 heavy (non-hydrogen) atoms. The topological polar surface area (TPSA) is 67.9 Å². The van der Waals surface area contributed by atoms with Gasteiger partial charge in [0.25, 0.3) is 0 Å². The summed E-state index contributed by atoms with van der Waals surface area (Å²) in [5, 5.41) is 0. The van der Waals surface area contributed by atoms with Crippen LogP contribution in [-0.4, -0.2) is 40.8 Å². The average molecular weight is 427 g/mol. The fourth-order valence-corrected chi connectivity index (χ4v) is 3.91. The third-order valence-corrected chi connectivity index (χ3v) is 5.96. The maximum absolute atomic E-state index is 12.5. The number of nitrogens with zero attached hydrogens (tertiary/aromatic N) is 1. The van der Waals surface area contributed by atoms with Crippen LogP contribution in [0.4, 0.5) is 0 Å². The zero-order valence-corrected chi connectivity index (χ0v) is 16.3. The Balaban J connectivity index is 1.77. The van der Waals surface area contributed by atoms with Crippen LogP contribution in [-0.2, 0) is 10.0 Å². The zero-order chi connectivity index (χ0) is 18.0. The molecule has 1 aliphatic rings. The molecule has 1 N–H and O–H groups in total. The van der Waals surface area contributed by atoms with Gasteiger partial charge in [-0.3, -0.25) is 0 Å². The lowest BCUT2D eigenvalue weighted by Gasteiger charge is -2.25. The second-order valence-corrected chi connectivity index (χ2v) is 8.58. The molecule has 8 heteroatoms. The van der Waals surface area contributed by atoms with Crippen molar-refractivity contribution in [3.8, 4) is 11.5 Å². The molecule has 3 rings (SSSR count). The summed E-state index contributed by atoms with van der Waals surface area (Å²) in [6.07, 6.45) is 0. The number of likely N-dealkylation sites (N-methyl/N-ethyl adjacent to an activating group) is 1. The Hall–Kier alpha value is -1.61. The van der Waals surface area contributed by atoms with E-state index in [9.17, 15) is 8.42 Å². The second kappa shape index (κ2) is 7.33. The normalized spacial score (nSPS) is 14.7. The first-order valence-electron chi connectivity index (χ1n) is 7.68. The van der Waals surface area contributed by atoms with Crippen LogP contribution in [0.5, 0.6) is 11.5 Å². The molecule has 2 aromatic rings. The Kier molecular flexibility index (Phi) is 5.33. The van der Waals surface area contributed by atoms with Gasteiger partial charge in [-0.1, -0.05) is 22.0 Å². The van der Waals surface area contributed by atoms with E-state index < -0.39 is 10.0 Å². The molecule has 6 nitrogen and oxygen atoms in total. The van der Waals surface area contributed by atoms with Crippen LogP contribution in [0, 0.1) is 0 Å². The van der Waals surface area contributed by atoms with Gasteiger partial charge in [0.2, 0.25) is 16.8 Å². The Labute approximate surface area is 155 Å². The lowest BCUT2D eigenvalue weighted by atomic mass is 10.1. The number of nitrogens with one attached hydrogen (secondary N) is 1. The van der Waals surface area contributed by atoms with Gasteiger partial charge in [-0.25, -0.2) is 13.1 Å². The van der Waals surface area contributed by atoms with Gasteiger partial charge in [-0.05, 0) is 56.1 Å². The summed E-state index contributed by atoms with van der Waals surface area (Å²) in [5.74, 6) is 1.39. The van der Waals surface area contributed by atoms with Crippen molar-refractivity contribution in [1.29, 1.82) is 0 Å². The molecule has 0 bridgehead atoms. The van der Waals surface area contributed by atoms with Crippen molar-refractivity contribution in [2.24, 2.45) is 0 Å². The van der Waals surface area contributed by atoms with Gasteiger partial charge >= 0.3 is 0 Å². The monoisotopic (exact) mass is 426 g/mol. The third kappa shape index (κ3) is 4.14. The molecule has 1 heterocycles. The number of benzene rings is 2. The number of rotatable bonds is 6. The zero-order valence-electron chi connectivity index (χ0n) is 13.9. The van der Waals surface area contributed by atoms with Crippen LogP contribution in [0.3, 0.4) is 0 Å². The minimum Gasteiger partial charge on any atom is -0.454 e. The fourth-order valence-electron chi connectivity index (χ4n) is 2.60. The van der Waals surface area contributed by atoms with Crippen molar-refractivity contribution in [3.05, 3.63) is 52.5 Å². The molecular formula is C17H19BrN2O4S. The molecule has 0 radical (unpaired) electrons. The SMILES string of the molecule is CN(C)[C@H](CNS(=O)(=O)c1ccc(Br)cc1)c1ccc2c(c1)OCO2. The Morgan fingerprint density at radius 3 is 2.48 bits per heavy atom. The smallest absolute Gasteiger partial charge is 0.240 e. The summed E-state index contributed by atoms with van der Waals surface area (Å²) in [6, 6.07) is 12.1. The summed E-state index contributed by atoms with van der Waals surface area (Å²) in [5.41, 5.74) is 0.952. The molecule has 2 aromatic carbocycles. The lowest BCUT2D eigenvalue weighted by molar-refractivity contribution is 0.174. The summed E-state index contributed by atoms with van der Waals surface area (Å²) < 4.78 is 39.3. The molecule has 1 aliphatic heterocycles. The number of hydrogen-bond acceptors (Lipinski definition) is 5. The van der Waals surface area contributed by atoms with E-state index in [1.54, 1.807) is 24.3 Å². The number of fused-ring (bicyclic) bond motifs is 1. The fraction of sp³-hybridized carbons (Fsp3) is 0.294. The molecule has 134 valence electrons. The Morgan fingerprint density at radius 2 is 1.80 bits per heavy atom. The van der Waals surface area contributed by atoms with Gasteiger partial charge in [0, 0.05) is 17.1 Å². The maximum atomic E-state index is 12.5. The highest BCUT2D eigenvalue weighted by Gasteiger charge is 2.22. The minimum absolute atomic E-state index is 0.139. The van der Waals surface area contributed by atoms with Gasteiger partial charge in [-0.2, -0.15) is 0 Å². The first-order chi connectivity index (χ1) is 11.9. The second-order valence-electron chi connectivity index (χ2n) is 5.90. The van der Waals surface area contributed by atoms with Crippen LogP contribution < -0.4 is 14.2 Å². The van der Waals surface area contributed by atoms with Crippen LogP contribution in [0.2, 0.25) is 0 Å². The first kappa shape index (κ1) is 18.2. The molecule has 0 unspecified atom stereocenters. The van der Waals surface area contributed by atoms with Gasteiger partial charge < -0.3 is 14.4 Å². The first-order valence-corrected chi connectivity index (χ1v) is 9.95.